The Morgan fingerprint density at radius 2 is 2.31 bits per heavy atom. The van der Waals surface area contributed by atoms with E-state index in [0.717, 1.165) is 18.3 Å². The summed E-state index contributed by atoms with van der Waals surface area (Å²) in [5.74, 6) is 1.88. The number of anilines is 2. The molecular weight excluding hydrogens is 198 g/mol. The summed E-state index contributed by atoms with van der Waals surface area (Å²) in [6.07, 6.45) is 5.90. The Kier molecular flexibility index (Phi) is 3.65. The third-order valence-electron chi connectivity index (χ3n) is 3.03. The third-order valence-corrected chi connectivity index (χ3v) is 3.03. The number of hydrogen-bond donors (Lipinski definition) is 1. The minimum Gasteiger partial charge on any atom is -0.373 e. The topological polar surface area (TPSA) is 28.2 Å². The summed E-state index contributed by atoms with van der Waals surface area (Å²) in [7, 11) is 1.91. The fourth-order valence-corrected chi connectivity index (χ4v) is 1.96. The van der Waals surface area contributed by atoms with Gasteiger partial charge in [-0.15, -0.1) is 0 Å². The predicted octanol–water partition coefficient (Wildman–Crippen LogP) is 2.75. The third kappa shape index (κ3) is 2.87. The van der Waals surface area contributed by atoms with Crippen LogP contribution in [0, 0.1) is 5.92 Å². The fourth-order valence-electron chi connectivity index (χ4n) is 1.96. The van der Waals surface area contributed by atoms with Crippen molar-refractivity contribution in [2.24, 2.45) is 5.92 Å². The van der Waals surface area contributed by atoms with Gasteiger partial charge in [-0.2, -0.15) is 0 Å². The second kappa shape index (κ2) is 5.19. The first-order valence-corrected chi connectivity index (χ1v) is 6.22. The Morgan fingerprint density at radius 3 is 2.94 bits per heavy atom. The van der Waals surface area contributed by atoms with Gasteiger partial charge in [0.15, 0.2) is 0 Å². The summed E-state index contributed by atoms with van der Waals surface area (Å²) < 4.78 is 0. The first-order chi connectivity index (χ1) is 7.83. The molecule has 88 valence electrons. The second-order valence-electron chi connectivity index (χ2n) is 4.54. The molecule has 1 aliphatic rings. The molecule has 0 aromatic carbocycles. The Hall–Kier alpha value is -1.25. The van der Waals surface area contributed by atoms with Crippen LogP contribution in [-0.4, -0.2) is 25.1 Å². The van der Waals surface area contributed by atoms with Crippen LogP contribution in [0.1, 0.15) is 26.2 Å². The van der Waals surface area contributed by atoms with Gasteiger partial charge in [-0.25, -0.2) is 4.98 Å². The van der Waals surface area contributed by atoms with Gasteiger partial charge < -0.3 is 10.2 Å². The zero-order valence-electron chi connectivity index (χ0n) is 10.2. The molecule has 3 heteroatoms. The number of pyridine rings is 1. The molecule has 1 heterocycles. The average molecular weight is 219 g/mol. The standard InChI is InChI=1S/C13H21N3/c1-3-8-16(10-11-4-5-11)12-6-7-15-13(9-12)14-2/h6-7,9,11H,3-5,8,10H2,1-2H3,(H,14,15). The van der Waals surface area contributed by atoms with E-state index in [4.69, 9.17) is 0 Å². The highest BCUT2D eigenvalue weighted by Crippen LogP contribution is 2.31. The van der Waals surface area contributed by atoms with Crippen molar-refractivity contribution in [2.75, 3.05) is 30.4 Å². The molecule has 0 amide bonds. The molecule has 3 nitrogen and oxygen atoms in total. The van der Waals surface area contributed by atoms with Crippen LogP contribution in [0.3, 0.4) is 0 Å². The van der Waals surface area contributed by atoms with Crippen molar-refractivity contribution in [1.29, 1.82) is 0 Å². The Labute approximate surface area is 97.9 Å². The van der Waals surface area contributed by atoms with Gasteiger partial charge in [0.25, 0.3) is 0 Å². The van der Waals surface area contributed by atoms with Crippen LogP contribution in [0.25, 0.3) is 0 Å². The van der Waals surface area contributed by atoms with Crippen molar-refractivity contribution in [2.45, 2.75) is 26.2 Å². The van der Waals surface area contributed by atoms with Gasteiger partial charge in [-0.05, 0) is 31.2 Å². The van der Waals surface area contributed by atoms with Crippen LogP contribution in [0.15, 0.2) is 18.3 Å². The van der Waals surface area contributed by atoms with Gasteiger partial charge >= 0.3 is 0 Å². The quantitative estimate of drug-likeness (QED) is 0.797. The zero-order chi connectivity index (χ0) is 11.4. The van der Waals surface area contributed by atoms with Gasteiger partial charge in [0.2, 0.25) is 0 Å². The normalized spacial score (nSPS) is 14.9. The lowest BCUT2D eigenvalue weighted by Gasteiger charge is -2.24. The Morgan fingerprint density at radius 1 is 1.50 bits per heavy atom. The number of aromatic nitrogens is 1. The minimum atomic E-state index is 0.928. The summed E-state index contributed by atoms with van der Waals surface area (Å²) >= 11 is 0. The van der Waals surface area contributed by atoms with Crippen LogP contribution in [0.5, 0.6) is 0 Å². The molecule has 0 radical (unpaired) electrons. The van der Waals surface area contributed by atoms with E-state index in [-0.39, 0.29) is 0 Å². The zero-order valence-corrected chi connectivity index (χ0v) is 10.2. The van der Waals surface area contributed by atoms with E-state index in [0.29, 0.717) is 0 Å². The van der Waals surface area contributed by atoms with Crippen molar-refractivity contribution in [1.82, 2.24) is 4.98 Å². The van der Waals surface area contributed by atoms with Gasteiger partial charge in [0.05, 0.1) is 0 Å². The maximum atomic E-state index is 4.26. The summed E-state index contributed by atoms with van der Waals surface area (Å²) in [4.78, 5) is 6.74. The fraction of sp³-hybridized carbons (Fsp3) is 0.615. The molecule has 1 N–H and O–H groups in total. The summed E-state index contributed by atoms with van der Waals surface area (Å²) in [6, 6.07) is 4.25. The second-order valence-corrected chi connectivity index (χ2v) is 4.54. The van der Waals surface area contributed by atoms with Crippen LogP contribution in [0.2, 0.25) is 0 Å². The predicted molar refractivity (Wildman–Crippen MR) is 69.0 cm³/mol. The van der Waals surface area contributed by atoms with Crippen LogP contribution in [0.4, 0.5) is 11.5 Å². The molecule has 2 rings (SSSR count). The average Bonchev–Trinajstić information content (AvgIpc) is 3.12. The highest BCUT2D eigenvalue weighted by Gasteiger charge is 2.24. The maximum Gasteiger partial charge on any atom is 0.127 e. The molecule has 1 saturated carbocycles. The van der Waals surface area contributed by atoms with E-state index in [1.165, 1.54) is 31.5 Å². The smallest absolute Gasteiger partial charge is 0.127 e. The van der Waals surface area contributed by atoms with Crippen molar-refractivity contribution >= 4 is 11.5 Å². The summed E-state index contributed by atoms with van der Waals surface area (Å²) in [5, 5.41) is 3.10. The molecule has 0 unspecified atom stereocenters. The molecule has 0 atom stereocenters. The highest BCUT2D eigenvalue weighted by atomic mass is 15.1. The van der Waals surface area contributed by atoms with Crippen molar-refractivity contribution in [3.63, 3.8) is 0 Å². The molecule has 1 fully saturated rings. The first-order valence-electron chi connectivity index (χ1n) is 6.22. The Bertz CT molecular complexity index is 334. The maximum absolute atomic E-state index is 4.26. The molecule has 1 aliphatic carbocycles. The largest absolute Gasteiger partial charge is 0.373 e. The van der Waals surface area contributed by atoms with E-state index in [9.17, 15) is 0 Å². The monoisotopic (exact) mass is 219 g/mol. The lowest BCUT2D eigenvalue weighted by molar-refractivity contribution is 0.708. The Balaban J connectivity index is 2.08. The lowest BCUT2D eigenvalue weighted by atomic mass is 10.2. The van der Waals surface area contributed by atoms with E-state index < -0.39 is 0 Å². The molecule has 0 aliphatic heterocycles. The molecular formula is C13H21N3. The van der Waals surface area contributed by atoms with Gasteiger partial charge in [-0.1, -0.05) is 6.92 Å². The van der Waals surface area contributed by atoms with Crippen LogP contribution >= 0.6 is 0 Å². The minimum absolute atomic E-state index is 0.928. The van der Waals surface area contributed by atoms with Crippen LogP contribution in [-0.2, 0) is 0 Å². The molecule has 16 heavy (non-hydrogen) atoms. The van der Waals surface area contributed by atoms with Crippen molar-refractivity contribution in [3.05, 3.63) is 18.3 Å². The number of nitrogens with one attached hydrogen (secondary N) is 1. The van der Waals surface area contributed by atoms with Crippen LogP contribution < -0.4 is 10.2 Å². The first kappa shape index (κ1) is 11.2. The number of hydrogen-bond acceptors (Lipinski definition) is 3. The van der Waals surface area contributed by atoms with Crippen molar-refractivity contribution < 1.29 is 0 Å². The van der Waals surface area contributed by atoms with E-state index in [2.05, 4.69) is 34.3 Å². The molecule has 0 bridgehead atoms. The highest BCUT2D eigenvalue weighted by molar-refractivity contribution is 5.53. The van der Waals surface area contributed by atoms with E-state index >= 15 is 0 Å². The SMILES string of the molecule is CCCN(CC1CC1)c1ccnc(NC)c1. The molecule has 1 aromatic rings. The number of rotatable bonds is 6. The van der Waals surface area contributed by atoms with E-state index in [1.807, 2.05) is 13.2 Å². The van der Waals surface area contributed by atoms with Gasteiger partial charge in [0, 0.05) is 38.1 Å². The van der Waals surface area contributed by atoms with Gasteiger partial charge in [-0.3, -0.25) is 0 Å². The summed E-state index contributed by atoms with van der Waals surface area (Å²) in [6.45, 7) is 4.59. The molecule has 0 spiro atoms. The van der Waals surface area contributed by atoms with E-state index in [1.54, 1.807) is 0 Å². The number of nitrogens with zero attached hydrogens (tertiary/aromatic N) is 2. The summed E-state index contributed by atoms with van der Waals surface area (Å²) in [5.41, 5.74) is 1.30. The lowest BCUT2D eigenvalue weighted by Crippen LogP contribution is -2.26. The molecule has 1 aromatic heterocycles. The molecule has 0 saturated heterocycles. The van der Waals surface area contributed by atoms with Gasteiger partial charge in [0.1, 0.15) is 5.82 Å². The van der Waals surface area contributed by atoms with Crippen molar-refractivity contribution in [3.8, 4) is 0 Å².